The summed E-state index contributed by atoms with van der Waals surface area (Å²) in [7, 11) is 0. The van der Waals surface area contributed by atoms with Gasteiger partial charge in [0.05, 0.1) is 6.04 Å². The van der Waals surface area contributed by atoms with Crippen molar-refractivity contribution >= 4 is 5.91 Å². The molecule has 2 N–H and O–H groups in total. The molecule has 0 heterocycles. The van der Waals surface area contributed by atoms with Crippen LogP contribution in [0.5, 0.6) is 0 Å². The predicted octanol–water partition coefficient (Wildman–Crippen LogP) is 2.46. The molecule has 0 aliphatic heterocycles. The lowest BCUT2D eigenvalue weighted by Gasteiger charge is -2.23. The number of carbonyl (C=O) groups excluding carboxylic acids is 1. The van der Waals surface area contributed by atoms with Crippen LogP contribution in [0.4, 0.5) is 0 Å². The summed E-state index contributed by atoms with van der Waals surface area (Å²) in [4.78, 5) is 11.9. The van der Waals surface area contributed by atoms with Crippen LogP contribution in [-0.2, 0) is 4.79 Å². The highest BCUT2D eigenvalue weighted by atomic mass is 16.2. The zero-order valence-electron chi connectivity index (χ0n) is 11.8. The molecular weight excluding hydrogens is 212 g/mol. The van der Waals surface area contributed by atoms with Crippen LogP contribution >= 0.6 is 0 Å². The lowest BCUT2D eigenvalue weighted by molar-refractivity contribution is -0.123. The van der Waals surface area contributed by atoms with Gasteiger partial charge in [-0.3, -0.25) is 4.79 Å². The van der Waals surface area contributed by atoms with E-state index in [2.05, 4.69) is 31.4 Å². The summed E-state index contributed by atoms with van der Waals surface area (Å²) in [5.41, 5.74) is 0. The number of amides is 1. The van der Waals surface area contributed by atoms with Crippen molar-refractivity contribution in [2.75, 3.05) is 0 Å². The van der Waals surface area contributed by atoms with Crippen molar-refractivity contribution in [2.45, 2.75) is 77.9 Å². The van der Waals surface area contributed by atoms with E-state index < -0.39 is 0 Å². The summed E-state index contributed by atoms with van der Waals surface area (Å²) < 4.78 is 0. The summed E-state index contributed by atoms with van der Waals surface area (Å²) in [5.74, 6) is 0.850. The van der Waals surface area contributed by atoms with Crippen molar-refractivity contribution in [3.63, 3.8) is 0 Å². The summed E-state index contributed by atoms with van der Waals surface area (Å²) in [5, 5.41) is 6.53. The predicted molar refractivity (Wildman–Crippen MR) is 71.9 cm³/mol. The third-order valence-electron chi connectivity index (χ3n) is 3.83. The Kier molecular flexibility index (Phi) is 5.96. The molecule has 0 aromatic carbocycles. The lowest BCUT2D eigenvalue weighted by Crippen LogP contribution is -2.49. The third-order valence-corrected chi connectivity index (χ3v) is 3.83. The number of hydrogen-bond acceptors (Lipinski definition) is 2. The van der Waals surface area contributed by atoms with Crippen LogP contribution in [0.15, 0.2) is 0 Å². The molecule has 3 nitrogen and oxygen atoms in total. The number of carbonyl (C=O) groups is 1. The molecule has 1 saturated carbocycles. The van der Waals surface area contributed by atoms with E-state index in [0.29, 0.717) is 12.0 Å². The fraction of sp³-hybridized carbons (Fsp3) is 0.929. The quantitative estimate of drug-likeness (QED) is 0.749. The zero-order valence-corrected chi connectivity index (χ0v) is 11.8. The van der Waals surface area contributed by atoms with E-state index in [1.54, 1.807) is 0 Å². The molecule has 0 radical (unpaired) electrons. The highest BCUT2D eigenvalue weighted by molar-refractivity contribution is 5.81. The van der Waals surface area contributed by atoms with Crippen LogP contribution in [0.3, 0.4) is 0 Å². The van der Waals surface area contributed by atoms with E-state index >= 15 is 0 Å². The zero-order chi connectivity index (χ0) is 12.8. The number of rotatable bonds is 6. The molecule has 0 spiro atoms. The minimum Gasteiger partial charge on any atom is -0.352 e. The van der Waals surface area contributed by atoms with Crippen molar-refractivity contribution < 1.29 is 4.79 Å². The smallest absolute Gasteiger partial charge is 0.237 e. The van der Waals surface area contributed by atoms with Crippen molar-refractivity contribution in [3.8, 4) is 0 Å². The summed E-state index contributed by atoms with van der Waals surface area (Å²) >= 11 is 0. The van der Waals surface area contributed by atoms with Crippen LogP contribution in [0.25, 0.3) is 0 Å². The monoisotopic (exact) mass is 240 g/mol. The molecule has 0 aromatic heterocycles. The van der Waals surface area contributed by atoms with Gasteiger partial charge < -0.3 is 10.6 Å². The highest BCUT2D eigenvalue weighted by Gasteiger charge is 2.26. The average Bonchev–Trinajstić information content (AvgIpc) is 2.64. The van der Waals surface area contributed by atoms with E-state index in [-0.39, 0.29) is 18.0 Å². The molecule has 1 aliphatic rings. The molecule has 1 aliphatic carbocycles. The molecule has 0 aromatic rings. The summed E-state index contributed by atoms with van der Waals surface area (Å²) in [6.07, 6.45) is 5.96. The van der Waals surface area contributed by atoms with Gasteiger partial charge in [-0.15, -0.1) is 0 Å². The summed E-state index contributed by atoms with van der Waals surface area (Å²) in [6, 6.07) is 0.745. The van der Waals surface area contributed by atoms with Crippen LogP contribution in [0, 0.1) is 5.92 Å². The van der Waals surface area contributed by atoms with Gasteiger partial charge in [0.25, 0.3) is 0 Å². The van der Waals surface area contributed by atoms with E-state index in [9.17, 15) is 4.79 Å². The van der Waals surface area contributed by atoms with Gasteiger partial charge in [0.1, 0.15) is 0 Å². The standard InChI is InChI=1S/C14H28N2O/c1-5-7-11(3)15-14(17)12(4)16-13-9-6-8-10(13)2/h10-13,16H,5-9H2,1-4H3,(H,15,17). The molecule has 0 bridgehead atoms. The molecule has 4 atom stereocenters. The molecule has 0 saturated heterocycles. The first-order valence-corrected chi connectivity index (χ1v) is 7.11. The largest absolute Gasteiger partial charge is 0.352 e. The Morgan fingerprint density at radius 2 is 2.06 bits per heavy atom. The van der Waals surface area contributed by atoms with E-state index in [0.717, 1.165) is 12.8 Å². The van der Waals surface area contributed by atoms with E-state index in [1.807, 2.05) is 6.92 Å². The molecule has 3 heteroatoms. The molecule has 1 rings (SSSR count). The maximum Gasteiger partial charge on any atom is 0.237 e. The fourth-order valence-electron chi connectivity index (χ4n) is 2.66. The van der Waals surface area contributed by atoms with Crippen LogP contribution in [-0.4, -0.2) is 24.0 Å². The van der Waals surface area contributed by atoms with Crippen molar-refractivity contribution in [3.05, 3.63) is 0 Å². The number of nitrogens with one attached hydrogen (secondary N) is 2. The topological polar surface area (TPSA) is 41.1 Å². The van der Waals surface area contributed by atoms with Crippen molar-refractivity contribution in [2.24, 2.45) is 5.92 Å². The second kappa shape index (κ2) is 7.00. The van der Waals surface area contributed by atoms with Crippen LogP contribution in [0.1, 0.15) is 59.8 Å². The van der Waals surface area contributed by atoms with Gasteiger partial charge in [0.2, 0.25) is 5.91 Å². The SMILES string of the molecule is CCCC(C)NC(=O)C(C)NC1CCCC1C. The Morgan fingerprint density at radius 1 is 1.35 bits per heavy atom. The maximum atomic E-state index is 11.9. The third kappa shape index (κ3) is 4.66. The van der Waals surface area contributed by atoms with Gasteiger partial charge in [-0.25, -0.2) is 0 Å². The van der Waals surface area contributed by atoms with E-state index in [4.69, 9.17) is 0 Å². The van der Waals surface area contributed by atoms with Crippen LogP contribution < -0.4 is 10.6 Å². The van der Waals surface area contributed by atoms with Gasteiger partial charge in [0.15, 0.2) is 0 Å². The van der Waals surface area contributed by atoms with Crippen molar-refractivity contribution in [1.29, 1.82) is 0 Å². The first-order valence-electron chi connectivity index (χ1n) is 7.11. The van der Waals surface area contributed by atoms with Crippen molar-refractivity contribution in [1.82, 2.24) is 10.6 Å². The highest BCUT2D eigenvalue weighted by Crippen LogP contribution is 2.25. The molecule has 100 valence electrons. The number of hydrogen-bond donors (Lipinski definition) is 2. The second-order valence-corrected chi connectivity index (χ2v) is 5.60. The summed E-state index contributed by atoms with van der Waals surface area (Å²) in [6.45, 7) is 8.46. The van der Waals surface area contributed by atoms with Gasteiger partial charge in [-0.05, 0) is 39.0 Å². The van der Waals surface area contributed by atoms with Gasteiger partial charge >= 0.3 is 0 Å². The first kappa shape index (κ1) is 14.5. The minimum absolute atomic E-state index is 0.0696. The minimum atomic E-state index is -0.0696. The maximum absolute atomic E-state index is 11.9. The van der Waals surface area contributed by atoms with Gasteiger partial charge in [0, 0.05) is 12.1 Å². The molecule has 4 unspecified atom stereocenters. The molecule has 1 amide bonds. The van der Waals surface area contributed by atoms with Crippen LogP contribution in [0.2, 0.25) is 0 Å². The van der Waals surface area contributed by atoms with E-state index in [1.165, 1.54) is 19.3 Å². The first-order chi connectivity index (χ1) is 8.04. The fourth-order valence-corrected chi connectivity index (χ4v) is 2.66. The molecular formula is C14H28N2O. The second-order valence-electron chi connectivity index (χ2n) is 5.60. The molecule has 17 heavy (non-hydrogen) atoms. The Bertz CT molecular complexity index is 242. The Balaban J connectivity index is 2.31. The van der Waals surface area contributed by atoms with Gasteiger partial charge in [-0.2, -0.15) is 0 Å². The Morgan fingerprint density at radius 3 is 2.59 bits per heavy atom. The van der Waals surface area contributed by atoms with Gasteiger partial charge in [-0.1, -0.05) is 26.7 Å². The Labute approximate surface area is 106 Å². The average molecular weight is 240 g/mol. The molecule has 1 fully saturated rings. The lowest BCUT2D eigenvalue weighted by atomic mass is 10.1. The Hall–Kier alpha value is -0.570. The normalized spacial score (nSPS) is 27.8.